The summed E-state index contributed by atoms with van der Waals surface area (Å²) in [5, 5.41) is 13.7. The van der Waals surface area contributed by atoms with E-state index in [0.29, 0.717) is 26.8 Å². The number of rotatable bonds is 6. The molecule has 4 rings (SSSR count). The number of hydrogen-bond acceptors (Lipinski definition) is 9. The van der Waals surface area contributed by atoms with Crippen LogP contribution in [0.3, 0.4) is 0 Å². The Morgan fingerprint density at radius 2 is 2.10 bits per heavy atom. The van der Waals surface area contributed by atoms with E-state index in [9.17, 15) is 10.1 Å². The number of ether oxygens (including phenoxy) is 1. The molecule has 0 radical (unpaired) electrons. The van der Waals surface area contributed by atoms with Crippen LogP contribution in [0.1, 0.15) is 27.7 Å². The third-order valence-electron chi connectivity index (χ3n) is 4.38. The van der Waals surface area contributed by atoms with Crippen molar-refractivity contribution in [2.24, 2.45) is 0 Å². The molecular weight excluding hydrogens is 436 g/mol. The number of carbonyl (C=O) groups excluding carboxylic acids is 1. The van der Waals surface area contributed by atoms with Crippen molar-refractivity contribution in [1.82, 2.24) is 9.97 Å². The molecule has 150 valence electrons. The number of nitrogens with two attached hydrogens (primary N) is 1. The lowest BCUT2D eigenvalue weighted by atomic mass is 10.1. The molecule has 0 saturated carbocycles. The molecule has 3 heterocycles. The molecule has 0 aliphatic heterocycles. The van der Waals surface area contributed by atoms with Crippen molar-refractivity contribution in [2.45, 2.75) is 17.7 Å². The summed E-state index contributed by atoms with van der Waals surface area (Å²) in [5.41, 5.74) is 9.06. The van der Waals surface area contributed by atoms with Gasteiger partial charge in [0.2, 0.25) is 0 Å². The summed E-state index contributed by atoms with van der Waals surface area (Å²) >= 11 is 4.11. The van der Waals surface area contributed by atoms with Crippen molar-refractivity contribution in [2.75, 3.05) is 12.3 Å². The number of hydrogen-bond donors (Lipinski definition) is 1. The number of nitrogen functional groups attached to an aromatic ring is 1. The van der Waals surface area contributed by atoms with Crippen LogP contribution in [0.25, 0.3) is 21.3 Å². The molecule has 0 bridgehead atoms. The normalized spacial score (nSPS) is 10.8. The SMILES string of the molecule is CCOC(=O)c1sc(N)c(C#N)c1CSc1ncnc2scc(-c3ccccc3)c12. The molecule has 0 fully saturated rings. The summed E-state index contributed by atoms with van der Waals surface area (Å²) in [5.74, 6) is -0.0827. The van der Waals surface area contributed by atoms with Crippen LogP contribution < -0.4 is 5.73 Å². The Labute approximate surface area is 185 Å². The van der Waals surface area contributed by atoms with E-state index >= 15 is 0 Å². The van der Waals surface area contributed by atoms with E-state index in [4.69, 9.17) is 10.5 Å². The molecule has 0 atom stereocenters. The van der Waals surface area contributed by atoms with Crippen molar-refractivity contribution in [1.29, 1.82) is 5.26 Å². The van der Waals surface area contributed by atoms with E-state index in [2.05, 4.69) is 33.5 Å². The average Bonchev–Trinajstić information content (AvgIpc) is 3.34. The van der Waals surface area contributed by atoms with Crippen LogP contribution in [0, 0.1) is 11.3 Å². The van der Waals surface area contributed by atoms with E-state index < -0.39 is 5.97 Å². The number of anilines is 1. The van der Waals surface area contributed by atoms with Gasteiger partial charge in [-0.1, -0.05) is 30.3 Å². The molecule has 0 aliphatic rings. The molecule has 0 aliphatic carbocycles. The van der Waals surface area contributed by atoms with Gasteiger partial charge < -0.3 is 10.5 Å². The third kappa shape index (κ3) is 3.77. The zero-order chi connectivity index (χ0) is 21.1. The van der Waals surface area contributed by atoms with Crippen molar-refractivity contribution in [3.63, 3.8) is 0 Å². The van der Waals surface area contributed by atoms with Crippen LogP contribution in [-0.4, -0.2) is 22.5 Å². The fourth-order valence-electron chi connectivity index (χ4n) is 3.03. The number of esters is 1. The van der Waals surface area contributed by atoms with Gasteiger partial charge in [0.25, 0.3) is 0 Å². The molecule has 4 aromatic rings. The lowest BCUT2D eigenvalue weighted by Crippen LogP contribution is -2.05. The maximum Gasteiger partial charge on any atom is 0.348 e. The Hall–Kier alpha value is -2.93. The second-order valence-electron chi connectivity index (χ2n) is 6.14. The Morgan fingerprint density at radius 1 is 1.30 bits per heavy atom. The van der Waals surface area contributed by atoms with Crippen LogP contribution >= 0.6 is 34.4 Å². The fourth-order valence-corrected chi connectivity index (χ4v) is 6.08. The van der Waals surface area contributed by atoms with Gasteiger partial charge in [-0.2, -0.15) is 5.26 Å². The molecule has 0 unspecified atom stereocenters. The molecule has 30 heavy (non-hydrogen) atoms. The van der Waals surface area contributed by atoms with Crippen molar-refractivity contribution < 1.29 is 9.53 Å². The molecule has 9 heteroatoms. The number of carbonyl (C=O) groups is 1. The van der Waals surface area contributed by atoms with Crippen LogP contribution in [0.15, 0.2) is 47.1 Å². The second kappa shape index (κ2) is 8.83. The fraction of sp³-hybridized carbons (Fsp3) is 0.143. The Balaban J connectivity index is 1.73. The predicted molar refractivity (Wildman–Crippen MR) is 122 cm³/mol. The first-order valence-electron chi connectivity index (χ1n) is 9.02. The number of nitriles is 1. The summed E-state index contributed by atoms with van der Waals surface area (Å²) in [7, 11) is 0. The average molecular weight is 453 g/mol. The first-order valence-corrected chi connectivity index (χ1v) is 11.7. The standard InChI is InChI=1S/C21H16N4O2S3/c1-2-27-21(26)17-15(13(8-22)18(23)30-17)10-29-20-16-14(12-6-4-3-5-7-12)9-28-19(16)24-11-25-20/h3-7,9,11H,2,10,23H2,1H3. The Kier molecular flexibility index (Phi) is 5.99. The summed E-state index contributed by atoms with van der Waals surface area (Å²) in [6.07, 6.45) is 1.54. The van der Waals surface area contributed by atoms with Gasteiger partial charge >= 0.3 is 5.97 Å². The first-order chi connectivity index (χ1) is 14.6. The number of thiophene rings is 2. The van der Waals surface area contributed by atoms with E-state index in [1.807, 2.05) is 18.2 Å². The van der Waals surface area contributed by atoms with Gasteiger partial charge in [-0.15, -0.1) is 34.4 Å². The van der Waals surface area contributed by atoms with E-state index in [-0.39, 0.29) is 6.61 Å². The number of fused-ring (bicyclic) bond motifs is 1. The summed E-state index contributed by atoms with van der Waals surface area (Å²) in [6.45, 7) is 2.00. The molecular formula is C21H16N4O2S3. The number of benzene rings is 1. The number of thioether (sulfide) groups is 1. The van der Waals surface area contributed by atoms with Gasteiger partial charge in [-0.25, -0.2) is 14.8 Å². The van der Waals surface area contributed by atoms with Crippen LogP contribution in [0.2, 0.25) is 0 Å². The highest BCUT2D eigenvalue weighted by Crippen LogP contribution is 2.40. The maximum atomic E-state index is 12.4. The second-order valence-corrected chi connectivity index (χ2v) is 9.02. The van der Waals surface area contributed by atoms with Gasteiger partial charge in [0.1, 0.15) is 32.1 Å². The van der Waals surface area contributed by atoms with Gasteiger partial charge in [-0.3, -0.25) is 0 Å². The lowest BCUT2D eigenvalue weighted by Gasteiger charge is -2.07. The van der Waals surface area contributed by atoms with Crippen LogP contribution in [0.4, 0.5) is 5.00 Å². The topological polar surface area (TPSA) is 102 Å². The Bertz CT molecular complexity index is 1260. The van der Waals surface area contributed by atoms with Crippen LogP contribution in [-0.2, 0) is 10.5 Å². The number of aromatic nitrogens is 2. The van der Waals surface area contributed by atoms with Gasteiger partial charge in [-0.05, 0) is 12.5 Å². The maximum absolute atomic E-state index is 12.4. The van der Waals surface area contributed by atoms with Crippen molar-refractivity contribution >= 4 is 55.6 Å². The van der Waals surface area contributed by atoms with E-state index in [0.717, 1.165) is 37.7 Å². The zero-order valence-electron chi connectivity index (χ0n) is 15.9. The lowest BCUT2D eigenvalue weighted by molar-refractivity contribution is 0.0531. The van der Waals surface area contributed by atoms with Gasteiger partial charge in [0, 0.05) is 22.3 Å². The zero-order valence-corrected chi connectivity index (χ0v) is 18.4. The molecule has 2 N–H and O–H groups in total. The molecule has 1 aromatic carbocycles. The highest BCUT2D eigenvalue weighted by molar-refractivity contribution is 7.98. The highest BCUT2D eigenvalue weighted by Gasteiger charge is 2.23. The van der Waals surface area contributed by atoms with Crippen molar-refractivity contribution in [3.05, 3.63) is 58.0 Å². The van der Waals surface area contributed by atoms with Crippen molar-refractivity contribution in [3.8, 4) is 17.2 Å². The first kappa shape index (κ1) is 20.3. The number of nitrogens with zero attached hydrogens (tertiary/aromatic N) is 3. The molecule has 0 spiro atoms. The summed E-state index contributed by atoms with van der Waals surface area (Å²) in [4.78, 5) is 22.5. The molecule has 0 amide bonds. The minimum Gasteiger partial charge on any atom is -0.462 e. The van der Waals surface area contributed by atoms with E-state index in [1.54, 1.807) is 18.3 Å². The molecule has 0 saturated heterocycles. The smallest absolute Gasteiger partial charge is 0.348 e. The van der Waals surface area contributed by atoms with E-state index in [1.165, 1.54) is 18.1 Å². The Morgan fingerprint density at radius 3 is 2.83 bits per heavy atom. The molecule has 3 aromatic heterocycles. The minimum absolute atomic E-state index is 0.257. The summed E-state index contributed by atoms with van der Waals surface area (Å²) < 4.78 is 5.14. The predicted octanol–water partition coefficient (Wildman–Crippen LogP) is 5.34. The summed E-state index contributed by atoms with van der Waals surface area (Å²) in [6, 6.07) is 12.2. The van der Waals surface area contributed by atoms with Crippen LogP contribution in [0.5, 0.6) is 0 Å². The minimum atomic E-state index is -0.459. The highest BCUT2D eigenvalue weighted by atomic mass is 32.2. The third-order valence-corrected chi connectivity index (χ3v) is 7.32. The largest absolute Gasteiger partial charge is 0.462 e. The monoisotopic (exact) mass is 452 g/mol. The molecule has 6 nitrogen and oxygen atoms in total. The van der Waals surface area contributed by atoms with Gasteiger partial charge in [0.15, 0.2) is 0 Å². The van der Waals surface area contributed by atoms with Gasteiger partial charge in [0.05, 0.1) is 17.6 Å². The quantitative estimate of drug-likeness (QED) is 0.239.